The first-order valence-corrected chi connectivity index (χ1v) is 13.0. The van der Waals surface area contributed by atoms with Crippen LogP contribution in [0.2, 0.25) is 5.02 Å². The second-order valence-corrected chi connectivity index (χ2v) is 11.2. The summed E-state index contributed by atoms with van der Waals surface area (Å²) in [5, 5.41) is 1.50. The number of hydrogen-bond donors (Lipinski definition) is 0. The molecule has 1 aromatic carbocycles. The number of furan rings is 1. The maximum Gasteiger partial charge on any atom is 0.276 e. The molecule has 4 rings (SSSR count). The number of hydrogen-bond acceptors (Lipinski definition) is 6. The second-order valence-electron chi connectivity index (χ2n) is 7.99. The third-order valence-electron chi connectivity index (χ3n) is 5.07. The molecule has 0 amide bonds. The van der Waals surface area contributed by atoms with Crippen LogP contribution in [-0.2, 0) is 22.3 Å². The normalized spacial score (nSPS) is 15.4. The molecule has 31 heavy (non-hydrogen) atoms. The highest BCUT2D eigenvalue weighted by Crippen LogP contribution is 2.27. The zero-order valence-corrected chi connectivity index (χ0v) is 19.8. The smallest absolute Gasteiger partial charge is 0.276 e. The van der Waals surface area contributed by atoms with Crippen LogP contribution in [0, 0.1) is 5.92 Å². The van der Waals surface area contributed by atoms with E-state index in [4.69, 9.17) is 16.0 Å². The Morgan fingerprint density at radius 3 is 2.65 bits per heavy atom. The maximum absolute atomic E-state index is 13.1. The van der Waals surface area contributed by atoms with Gasteiger partial charge in [0.05, 0.1) is 16.7 Å². The lowest BCUT2D eigenvalue weighted by atomic mass is 10.2. The molecule has 0 N–H and O–H groups in total. The number of fused-ring (bicyclic) bond motifs is 1. The van der Waals surface area contributed by atoms with Crippen molar-refractivity contribution in [1.29, 1.82) is 0 Å². The van der Waals surface area contributed by atoms with Gasteiger partial charge in [-0.2, -0.15) is 4.31 Å². The highest BCUT2D eigenvalue weighted by molar-refractivity contribution is 7.98. The first kappa shape index (κ1) is 22.4. The van der Waals surface area contributed by atoms with Gasteiger partial charge in [0, 0.05) is 24.7 Å². The minimum Gasteiger partial charge on any atom is -0.447 e. The van der Waals surface area contributed by atoms with Gasteiger partial charge < -0.3 is 4.42 Å². The van der Waals surface area contributed by atoms with Crippen molar-refractivity contribution in [3.63, 3.8) is 0 Å². The van der Waals surface area contributed by atoms with Gasteiger partial charge >= 0.3 is 0 Å². The van der Waals surface area contributed by atoms with E-state index < -0.39 is 10.0 Å². The van der Waals surface area contributed by atoms with Crippen LogP contribution in [0.1, 0.15) is 32.4 Å². The second kappa shape index (κ2) is 8.97. The van der Waals surface area contributed by atoms with Gasteiger partial charge in [-0.15, -0.1) is 0 Å². The molecule has 0 spiro atoms. The largest absolute Gasteiger partial charge is 0.447 e. The van der Waals surface area contributed by atoms with Crippen molar-refractivity contribution in [2.75, 3.05) is 13.1 Å². The van der Waals surface area contributed by atoms with Crippen molar-refractivity contribution >= 4 is 44.3 Å². The number of nitrogens with zero attached hydrogens (tertiary/aromatic N) is 3. The van der Waals surface area contributed by atoms with Crippen LogP contribution in [-0.4, -0.2) is 35.4 Å². The van der Waals surface area contributed by atoms with E-state index in [0.29, 0.717) is 52.2 Å². The molecule has 0 atom stereocenters. The molecule has 0 unspecified atom stereocenters. The van der Waals surface area contributed by atoms with Gasteiger partial charge in [-0.3, -0.25) is 9.36 Å². The average molecular weight is 482 g/mol. The van der Waals surface area contributed by atoms with Crippen molar-refractivity contribution in [2.45, 2.75) is 49.2 Å². The van der Waals surface area contributed by atoms with Gasteiger partial charge in [0.2, 0.25) is 5.09 Å². The Balaban J connectivity index is 1.61. The number of aromatic nitrogens is 2. The van der Waals surface area contributed by atoms with Gasteiger partial charge in [-0.05, 0) is 49.1 Å². The lowest BCUT2D eigenvalue weighted by molar-refractivity contribution is 0.397. The number of sulfonamides is 1. The molecule has 1 saturated heterocycles. The summed E-state index contributed by atoms with van der Waals surface area (Å²) in [7, 11) is -3.59. The Hall–Kier alpha value is -1.81. The molecule has 2 aromatic heterocycles. The lowest BCUT2D eigenvalue weighted by Gasteiger charge is -2.15. The minimum atomic E-state index is -3.59. The van der Waals surface area contributed by atoms with Crippen molar-refractivity contribution in [3.05, 3.63) is 51.5 Å². The molecule has 3 aromatic rings. The molecular formula is C21H24ClN3O4S2. The van der Waals surface area contributed by atoms with E-state index in [0.717, 1.165) is 12.8 Å². The summed E-state index contributed by atoms with van der Waals surface area (Å²) in [6, 6.07) is 8.25. The fraction of sp³-hybridized carbons (Fsp3) is 0.429. The summed E-state index contributed by atoms with van der Waals surface area (Å²) >= 11 is 7.42. The molecule has 1 aliphatic heterocycles. The third kappa shape index (κ3) is 4.69. The highest BCUT2D eigenvalue weighted by atomic mass is 35.5. The van der Waals surface area contributed by atoms with E-state index in [-0.39, 0.29) is 16.6 Å². The Kier molecular flexibility index (Phi) is 6.48. The summed E-state index contributed by atoms with van der Waals surface area (Å²) in [5.41, 5.74) is 0.439. The Morgan fingerprint density at radius 2 is 1.94 bits per heavy atom. The van der Waals surface area contributed by atoms with Crippen LogP contribution in [0.25, 0.3) is 10.9 Å². The molecule has 1 fully saturated rings. The number of halogens is 1. The maximum atomic E-state index is 13.1. The van der Waals surface area contributed by atoms with Crippen LogP contribution in [0.3, 0.4) is 0 Å². The summed E-state index contributed by atoms with van der Waals surface area (Å²) in [5.74, 6) is 1.12. The van der Waals surface area contributed by atoms with E-state index in [9.17, 15) is 13.2 Å². The number of thioether (sulfide) groups is 1. The average Bonchev–Trinajstić information content (AvgIpc) is 3.42. The van der Waals surface area contributed by atoms with Crippen LogP contribution in [0.4, 0.5) is 0 Å². The molecule has 0 radical (unpaired) electrons. The SMILES string of the molecule is CC(C)Cn1c(SCc2ccc(S(=O)(=O)N3CCCC3)o2)nc2ccc(Cl)cc2c1=O. The molecule has 3 heterocycles. The molecule has 0 bridgehead atoms. The van der Waals surface area contributed by atoms with E-state index in [2.05, 4.69) is 4.98 Å². The molecule has 0 saturated carbocycles. The molecular weight excluding hydrogens is 458 g/mol. The summed E-state index contributed by atoms with van der Waals surface area (Å²) in [6.07, 6.45) is 1.74. The van der Waals surface area contributed by atoms with Crippen molar-refractivity contribution < 1.29 is 12.8 Å². The van der Waals surface area contributed by atoms with Crippen LogP contribution >= 0.6 is 23.4 Å². The van der Waals surface area contributed by atoms with Gasteiger partial charge in [0.15, 0.2) is 5.16 Å². The van der Waals surface area contributed by atoms with E-state index in [1.807, 2.05) is 13.8 Å². The number of benzene rings is 1. The zero-order valence-electron chi connectivity index (χ0n) is 17.4. The van der Waals surface area contributed by atoms with E-state index >= 15 is 0 Å². The molecule has 10 heteroatoms. The van der Waals surface area contributed by atoms with Gasteiger partial charge in [0.25, 0.3) is 15.6 Å². The summed E-state index contributed by atoms with van der Waals surface area (Å²) in [6.45, 7) is 5.64. The zero-order chi connectivity index (χ0) is 22.2. The predicted molar refractivity (Wildman–Crippen MR) is 122 cm³/mol. The first-order valence-electron chi connectivity index (χ1n) is 10.2. The van der Waals surface area contributed by atoms with Crippen molar-refractivity contribution in [3.8, 4) is 0 Å². The lowest BCUT2D eigenvalue weighted by Crippen LogP contribution is -2.27. The van der Waals surface area contributed by atoms with E-state index in [1.54, 1.807) is 28.8 Å². The Bertz CT molecular complexity index is 1260. The fourth-order valence-electron chi connectivity index (χ4n) is 3.57. The minimum absolute atomic E-state index is 0.0364. The third-order valence-corrected chi connectivity index (χ3v) is 8.08. The van der Waals surface area contributed by atoms with Gasteiger partial charge in [0.1, 0.15) is 5.76 Å². The van der Waals surface area contributed by atoms with Crippen LogP contribution in [0.15, 0.2) is 49.8 Å². The topological polar surface area (TPSA) is 85.4 Å². The fourth-order valence-corrected chi connectivity index (χ4v) is 6.10. The summed E-state index contributed by atoms with van der Waals surface area (Å²) in [4.78, 5) is 17.7. The number of rotatable bonds is 7. The molecule has 166 valence electrons. The highest BCUT2D eigenvalue weighted by Gasteiger charge is 2.30. The monoisotopic (exact) mass is 481 g/mol. The van der Waals surface area contributed by atoms with E-state index in [1.165, 1.54) is 22.1 Å². The van der Waals surface area contributed by atoms with Crippen molar-refractivity contribution in [2.24, 2.45) is 5.92 Å². The first-order chi connectivity index (χ1) is 14.8. The predicted octanol–water partition coefficient (Wildman–Crippen LogP) is 4.38. The molecule has 0 aliphatic carbocycles. The van der Waals surface area contributed by atoms with Crippen LogP contribution in [0.5, 0.6) is 0 Å². The Labute approximate surface area is 190 Å². The summed E-state index contributed by atoms with van der Waals surface area (Å²) < 4.78 is 34.1. The van der Waals surface area contributed by atoms with Crippen molar-refractivity contribution in [1.82, 2.24) is 13.9 Å². The Morgan fingerprint density at radius 1 is 1.19 bits per heavy atom. The van der Waals surface area contributed by atoms with Gasteiger partial charge in [-0.1, -0.05) is 37.2 Å². The van der Waals surface area contributed by atoms with Crippen LogP contribution < -0.4 is 5.56 Å². The quantitative estimate of drug-likeness (QED) is 0.368. The molecule has 7 nitrogen and oxygen atoms in total. The van der Waals surface area contributed by atoms with Gasteiger partial charge in [-0.25, -0.2) is 13.4 Å². The standard InChI is InChI=1S/C21H24ClN3O4S2/c1-14(2)12-25-20(26)17-11-15(22)5-7-18(17)23-21(25)30-13-16-6-8-19(29-16)31(27,28)24-9-3-4-10-24/h5-8,11,14H,3-4,9-10,12-13H2,1-2H3. The molecule has 1 aliphatic rings.